The Bertz CT molecular complexity index is 166. The summed E-state index contributed by atoms with van der Waals surface area (Å²) < 4.78 is 1.29. The molecule has 1 aromatic rings. The SMILES string of the molecule is Cc1ccc[n+]([NH-])c1. The van der Waals surface area contributed by atoms with Crippen molar-refractivity contribution in [1.82, 2.24) is 0 Å². The standard InChI is InChI=1S/C6H8N2/c1-6-3-2-4-8(7)5-6/h2-5,7H,1H3. The first-order valence-corrected chi connectivity index (χ1v) is 2.48. The molecule has 0 aliphatic carbocycles. The van der Waals surface area contributed by atoms with E-state index in [1.807, 2.05) is 19.1 Å². The fourth-order valence-corrected chi connectivity index (χ4v) is 0.593. The van der Waals surface area contributed by atoms with Gasteiger partial charge in [-0.15, -0.1) is 0 Å². The van der Waals surface area contributed by atoms with Crippen molar-refractivity contribution in [2.24, 2.45) is 0 Å². The molecule has 8 heavy (non-hydrogen) atoms. The van der Waals surface area contributed by atoms with Crippen molar-refractivity contribution in [1.29, 1.82) is 0 Å². The highest BCUT2D eigenvalue weighted by Crippen LogP contribution is 1.87. The third-order valence-electron chi connectivity index (χ3n) is 0.949. The minimum atomic E-state index is 1.11. The van der Waals surface area contributed by atoms with Crippen LogP contribution in [0.25, 0.3) is 5.84 Å². The Morgan fingerprint density at radius 1 is 1.62 bits per heavy atom. The summed E-state index contributed by atoms with van der Waals surface area (Å²) in [4.78, 5) is 0. The highest BCUT2D eigenvalue weighted by molar-refractivity contribution is 5.01. The Hall–Kier alpha value is -1.05. The highest BCUT2D eigenvalue weighted by Gasteiger charge is 1.84. The van der Waals surface area contributed by atoms with Gasteiger partial charge in [0.05, 0.1) is 0 Å². The molecule has 1 heterocycles. The molecule has 0 aliphatic rings. The lowest BCUT2D eigenvalue weighted by Gasteiger charge is -1.92. The van der Waals surface area contributed by atoms with Crippen LogP contribution in [0.3, 0.4) is 0 Å². The summed E-state index contributed by atoms with van der Waals surface area (Å²) in [6, 6.07) is 3.81. The molecule has 0 aliphatic heterocycles. The molecule has 1 rings (SSSR count). The lowest BCUT2D eigenvalue weighted by Crippen LogP contribution is -2.21. The molecule has 0 spiro atoms. The second-order valence-electron chi connectivity index (χ2n) is 1.79. The van der Waals surface area contributed by atoms with Crippen LogP contribution in [-0.4, -0.2) is 0 Å². The van der Waals surface area contributed by atoms with Gasteiger partial charge in [-0.25, -0.2) is 4.68 Å². The summed E-state index contributed by atoms with van der Waals surface area (Å²) in [5.41, 5.74) is 1.11. The molecule has 0 atom stereocenters. The van der Waals surface area contributed by atoms with Gasteiger partial charge in [0.1, 0.15) is 0 Å². The van der Waals surface area contributed by atoms with Gasteiger partial charge in [0.2, 0.25) is 0 Å². The molecule has 1 N–H and O–H groups in total. The Morgan fingerprint density at radius 3 is 2.75 bits per heavy atom. The van der Waals surface area contributed by atoms with Crippen molar-refractivity contribution in [2.45, 2.75) is 6.92 Å². The van der Waals surface area contributed by atoms with Gasteiger partial charge >= 0.3 is 0 Å². The Kier molecular flexibility index (Phi) is 1.16. The lowest BCUT2D eigenvalue weighted by atomic mass is 10.3. The van der Waals surface area contributed by atoms with Crippen molar-refractivity contribution in [3.05, 3.63) is 35.9 Å². The van der Waals surface area contributed by atoms with Crippen LogP contribution < -0.4 is 4.68 Å². The highest BCUT2D eigenvalue weighted by atomic mass is 15.3. The van der Waals surface area contributed by atoms with Crippen molar-refractivity contribution in [3.8, 4) is 0 Å². The Balaban J connectivity index is 3.08. The van der Waals surface area contributed by atoms with E-state index in [1.165, 1.54) is 4.68 Å². The summed E-state index contributed by atoms with van der Waals surface area (Å²) >= 11 is 0. The number of aromatic nitrogens is 1. The first kappa shape index (κ1) is 5.09. The maximum Gasteiger partial charge on any atom is 0.166 e. The number of nitrogens with zero attached hydrogens (tertiary/aromatic N) is 1. The summed E-state index contributed by atoms with van der Waals surface area (Å²) in [6.07, 6.45) is 3.44. The van der Waals surface area contributed by atoms with Gasteiger partial charge in [-0.05, 0) is 13.0 Å². The van der Waals surface area contributed by atoms with Crippen LogP contribution in [0.4, 0.5) is 0 Å². The Labute approximate surface area is 48.5 Å². The average molecular weight is 108 g/mol. The van der Waals surface area contributed by atoms with Gasteiger partial charge in [-0.3, -0.25) is 0 Å². The summed E-state index contributed by atoms with van der Waals surface area (Å²) in [5, 5.41) is 0. The molecule has 0 aromatic carbocycles. The predicted octanol–water partition coefficient (Wildman–Crippen LogP) is 1.10. The van der Waals surface area contributed by atoms with E-state index in [1.54, 1.807) is 12.4 Å². The minimum absolute atomic E-state index is 1.11. The number of nitrogens with one attached hydrogen (secondary N) is 1. The van der Waals surface area contributed by atoms with E-state index in [2.05, 4.69) is 0 Å². The largest absolute Gasteiger partial charge is 0.449 e. The summed E-state index contributed by atoms with van der Waals surface area (Å²) in [6.45, 7) is 1.96. The van der Waals surface area contributed by atoms with Gasteiger partial charge in [-0.1, -0.05) is 0 Å². The molecule has 2 nitrogen and oxygen atoms in total. The number of hydrogen-bond acceptors (Lipinski definition) is 0. The molecule has 0 fully saturated rings. The van der Waals surface area contributed by atoms with Gasteiger partial charge in [0.15, 0.2) is 12.4 Å². The molecule has 0 unspecified atom stereocenters. The third-order valence-corrected chi connectivity index (χ3v) is 0.949. The number of aryl methyl sites for hydroxylation is 1. The van der Waals surface area contributed by atoms with E-state index in [0.717, 1.165) is 5.56 Å². The zero-order valence-electron chi connectivity index (χ0n) is 4.76. The molecule has 0 saturated carbocycles. The fourth-order valence-electron chi connectivity index (χ4n) is 0.593. The molecular formula is C6H8N2. The third kappa shape index (κ3) is 0.964. The van der Waals surface area contributed by atoms with Crippen LogP contribution >= 0.6 is 0 Å². The molecule has 2 heteroatoms. The zero-order chi connectivity index (χ0) is 5.98. The summed E-state index contributed by atoms with van der Waals surface area (Å²) in [7, 11) is 0. The van der Waals surface area contributed by atoms with Crippen molar-refractivity contribution in [3.63, 3.8) is 0 Å². The predicted molar refractivity (Wildman–Crippen MR) is 31.1 cm³/mol. The zero-order valence-corrected chi connectivity index (χ0v) is 4.76. The van der Waals surface area contributed by atoms with E-state index >= 15 is 0 Å². The number of hydrogen-bond donors (Lipinski definition) is 0. The summed E-state index contributed by atoms with van der Waals surface area (Å²) in [5.74, 6) is 7.05. The molecule has 0 radical (unpaired) electrons. The first-order chi connectivity index (χ1) is 3.79. The first-order valence-electron chi connectivity index (χ1n) is 2.48. The van der Waals surface area contributed by atoms with Crippen LogP contribution in [0.5, 0.6) is 0 Å². The van der Waals surface area contributed by atoms with Crippen molar-refractivity contribution >= 4 is 0 Å². The van der Waals surface area contributed by atoms with Crippen LogP contribution in [0.15, 0.2) is 24.5 Å². The quantitative estimate of drug-likeness (QED) is 0.445. The number of pyridine rings is 1. The second-order valence-corrected chi connectivity index (χ2v) is 1.79. The van der Waals surface area contributed by atoms with Gasteiger partial charge < -0.3 is 5.84 Å². The van der Waals surface area contributed by atoms with Gasteiger partial charge in [0.25, 0.3) is 0 Å². The van der Waals surface area contributed by atoms with E-state index in [4.69, 9.17) is 5.84 Å². The van der Waals surface area contributed by atoms with E-state index < -0.39 is 0 Å². The van der Waals surface area contributed by atoms with E-state index in [9.17, 15) is 0 Å². The lowest BCUT2D eigenvalue weighted by molar-refractivity contribution is -0.606. The van der Waals surface area contributed by atoms with Gasteiger partial charge in [-0.2, -0.15) is 0 Å². The number of rotatable bonds is 0. The van der Waals surface area contributed by atoms with Crippen LogP contribution in [0.1, 0.15) is 5.56 Å². The smallest absolute Gasteiger partial charge is 0.166 e. The average Bonchev–Trinajstić information content (AvgIpc) is 1.64. The maximum absolute atomic E-state index is 7.05. The van der Waals surface area contributed by atoms with Crippen LogP contribution in [0.2, 0.25) is 0 Å². The van der Waals surface area contributed by atoms with E-state index in [0.29, 0.717) is 0 Å². The molecule has 42 valence electrons. The molecule has 1 aromatic heterocycles. The molecule has 0 amide bonds. The molecule has 0 bridgehead atoms. The van der Waals surface area contributed by atoms with Crippen LogP contribution in [0, 0.1) is 6.92 Å². The van der Waals surface area contributed by atoms with Crippen LogP contribution in [-0.2, 0) is 0 Å². The van der Waals surface area contributed by atoms with Crippen molar-refractivity contribution in [2.75, 3.05) is 0 Å². The minimum Gasteiger partial charge on any atom is -0.449 e. The Morgan fingerprint density at radius 2 is 2.38 bits per heavy atom. The normalized spacial score (nSPS) is 9.12. The fraction of sp³-hybridized carbons (Fsp3) is 0.167. The van der Waals surface area contributed by atoms with Crippen molar-refractivity contribution < 1.29 is 4.68 Å². The maximum atomic E-state index is 7.05. The molecule has 0 saturated heterocycles. The van der Waals surface area contributed by atoms with Gasteiger partial charge in [0, 0.05) is 11.6 Å². The van der Waals surface area contributed by atoms with E-state index in [-0.39, 0.29) is 0 Å². The topological polar surface area (TPSA) is 27.7 Å². The second kappa shape index (κ2) is 1.82. The monoisotopic (exact) mass is 108 g/mol. The molecular weight excluding hydrogens is 100 g/mol.